The van der Waals surface area contributed by atoms with Gasteiger partial charge in [-0.05, 0) is 80.4 Å². The molecule has 1 amide bonds. The van der Waals surface area contributed by atoms with E-state index < -0.39 is 0 Å². The summed E-state index contributed by atoms with van der Waals surface area (Å²) in [4.78, 5) is 25.0. The van der Waals surface area contributed by atoms with E-state index in [2.05, 4.69) is 5.32 Å². The normalized spacial score (nSPS) is 32.8. The summed E-state index contributed by atoms with van der Waals surface area (Å²) in [6.45, 7) is 1.91. The highest BCUT2D eigenvalue weighted by Gasteiger charge is 2.51. The molecular weight excluding hydrogens is 358 g/mol. The fraction of sp³-hybridized carbons (Fsp3) is 0.636. The summed E-state index contributed by atoms with van der Waals surface area (Å²) in [5.41, 5.74) is 0.921. The standard InChI is InChI=1S/C22H27NO5/c1-12(15-2-3-18-19(9-15)28-11-27-18)23-20(24)10-26-22(25)21-16-5-13-4-14(7-16)8-17(21)6-13/h2-3,9,12-14,16-17,21H,4-8,10-11H2,1H3,(H,23,24)/t12-,13?,14?,16?,17?,21?/m0/s1. The van der Waals surface area contributed by atoms with Crippen LogP contribution in [0.25, 0.3) is 0 Å². The van der Waals surface area contributed by atoms with Gasteiger partial charge in [0.1, 0.15) is 0 Å². The van der Waals surface area contributed by atoms with Crippen molar-refractivity contribution in [2.24, 2.45) is 29.6 Å². The van der Waals surface area contributed by atoms with Crippen LogP contribution in [0.3, 0.4) is 0 Å². The number of carbonyl (C=O) groups is 2. The maximum absolute atomic E-state index is 12.7. The minimum Gasteiger partial charge on any atom is -0.455 e. The van der Waals surface area contributed by atoms with E-state index in [0.29, 0.717) is 23.3 Å². The second-order valence-electron chi connectivity index (χ2n) is 8.97. The van der Waals surface area contributed by atoms with Gasteiger partial charge in [-0.2, -0.15) is 0 Å². The zero-order valence-corrected chi connectivity index (χ0v) is 16.2. The molecule has 4 fully saturated rings. The molecular formula is C22H27NO5. The first-order valence-corrected chi connectivity index (χ1v) is 10.4. The van der Waals surface area contributed by atoms with Crippen molar-refractivity contribution in [2.45, 2.75) is 45.1 Å². The Kier molecular flexibility index (Phi) is 4.44. The van der Waals surface area contributed by atoms with Gasteiger partial charge in [0.15, 0.2) is 18.1 Å². The average molecular weight is 385 g/mol. The van der Waals surface area contributed by atoms with E-state index in [1.807, 2.05) is 25.1 Å². The molecule has 6 heteroatoms. The molecule has 4 aliphatic carbocycles. The number of carbonyl (C=O) groups excluding carboxylic acids is 2. The largest absolute Gasteiger partial charge is 0.455 e. The Balaban J connectivity index is 1.14. The zero-order chi connectivity index (χ0) is 19.3. The van der Waals surface area contributed by atoms with Crippen molar-refractivity contribution < 1.29 is 23.8 Å². The van der Waals surface area contributed by atoms with Gasteiger partial charge in [-0.3, -0.25) is 9.59 Å². The van der Waals surface area contributed by atoms with Crippen LogP contribution in [-0.4, -0.2) is 25.3 Å². The number of amides is 1. The summed E-state index contributed by atoms with van der Waals surface area (Å²) in [6.07, 6.45) is 6.02. The van der Waals surface area contributed by atoms with Gasteiger partial charge in [0.05, 0.1) is 12.0 Å². The number of fused-ring (bicyclic) bond motifs is 1. The van der Waals surface area contributed by atoms with Crippen LogP contribution in [0.2, 0.25) is 0 Å². The third-order valence-electron chi connectivity index (χ3n) is 7.12. The minimum absolute atomic E-state index is 0.00637. The third kappa shape index (κ3) is 3.23. The van der Waals surface area contributed by atoms with Crippen molar-refractivity contribution in [2.75, 3.05) is 13.4 Å². The lowest BCUT2D eigenvalue weighted by molar-refractivity contribution is -0.164. The second-order valence-corrected chi connectivity index (χ2v) is 8.97. The average Bonchev–Trinajstić information content (AvgIpc) is 3.13. The number of esters is 1. The Morgan fingerprint density at radius 1 is 1.07 bits per heavy atom. The van der Waals surface area contributed by atoms with Crippen molar-refractivity contribution >= 4 is 11.9 Å². The molecule has 0 unspecified atom stereocenters. The third-order valence-corrected chi connectivity index (χ3v) is 7.12. The molecule has 1 N–H and O–H groups in total. The minimum atomic E-state index is -0.276. The van der Waals surface area contributed by atoms with Gasteiger partial charge in [0.2, 0.25) is 6.79 Å². The molecule has 28 heavy (non-hydrogen) atoms. The van der Waals surface area contributed by atoms with Gasteiger partial charge in [0.25, 0.3) is 5.91 Å². The van der Waals surface area contributed by atoms with E-state index >= 15 is 0 Å². The lowest BCUT2D eigenvalue weighted by atomic mass is 9.52. The van der Waals surface area contributed by atoms with Gasteiger partial charge >= 0.3 is 5.97 Å². The summed E-state index contributed by atoms with van der Waals surface area (Å²) in [5, 5.41) is 2.90. The van der Waals surface area contributed by atoms with E-state index in [1.54, 1.807) is 0 Å². The summed E-state index contributed by atoms with van der Waals surface area (Å²) in [5.74, 6) is 3.54. The molecule has 1 aromatic rings. The van der Waals surface area contributed by atoms with Crippen molar-refractivity contribution in [1.29, 1.82) is 0 Å². The van der Waals surface area contributed by atoms with E-state index in [1.165, 1.54) is 32.1 Å². The lowest BCUT2D eigenvalue weighted by Crippen LogP contribution is -2.48. The molecule has 4 bridgehead atoms. The highest BCUT2D eigenvalue weighted by Crippen LogP contribution is 2.56. The van der Waals surface area contributed by atoms with Crippen LogP contribution in [0.1, 0.15) is 50.6 Å². The van der Waals surface area contributed by atoms with Gasteiger partial charge in [-0.25, -0.2) is 0 Å². The van der Waals surface area contributed by atoms with E-state index in [4.69, 9.17) is 14.2 Å². The van der Waals surface area contributed by atoms with Crippen molar-refractivity contribution in [3.8, 4) is 11.5 Å². The number of benzene rings is 1. The van der Waals surface area contributed by atoms with Crippen LogP contribution in [0.4, 0.5) is 0 Å². The molecule has 5 aliphatic rings. The number of ether oxygens (including phenoxy) is 3. The fourth-order valence-electron chi connectivity index (χ4n) is 6.09. The van der Waals surface area contributed by atoms with Crippen LogP contribution >= 0.6 is 0 Å². The van der Waals surface area contributed by atoms with E-state index in [-0.39, 0.29) is 37.2 Å². The number of nitrogens with one attached hydrogen (secondary N) is 1. The van der Waals surface area contributed by atoms with Gasteiger partial charge in [0, 0.05) is 0 Å². The highest BCUT2D eigenvalue weighted by molar-refractivity contribution is 5.82. The first-order valence-electron chi connectivity index (χ1n) is 10.4. The molecule has 1 heterocycles. The first kappa shape index (κ1) is 17.8. The monoisotopic (exact) mass is 385 g/mol. The van der Waals surface area contributed by atoms with Crippen molar-refractivity contribution in [1.82, 2.24) is 5.32 Å². The van der Waals surface area contributed by atoms with Gasteiger partial charge in [-0.1, -0.05) is 6.07 Å². The first-order chi connectivity index (χ1) is 13.6. The predicted octanol–water partition coefficient (Wildman–Crippen LogP) is 3.21. The van der Waals surface area contributed by atoms with Crippen LogP contribution in [-0.2, 0) is 14.3 Å². The molecule has 0 spiro atoms. The van der Waals surface area contributed by atoms with Crippen molar-refractivity contribution in [3.05, 3.63) is 23.8 Å². The van der Waals surface area contributed by atoms with Crippen LogP contribution in [0, 0.1) is 29.6 Å². The van der Waals surface area contributed by atoms with E-state index in [9.17, 15) is 9.59 Å². The topological polar surface area (TPSA) is 73.9 Å². The second kappa shape index (κ2) is 6.98. The van der Waals surface area contributed by atoms with Crippen LogP contribution in [0.5, 0.6) is 11.5 Å². The smallest absolute Gasteiger partial charge is 0.310 e. The molecule has 0 aromatic heterocycles. The maximum atomic E-state index is 12.7. The molecule has 150 valence electrons. The summed E-state index contributed by atoms with van der Waals surface area (Å²) in [7, 11) is 0. The van der Waals surface area contributed by atoms with Gasteiger partial charge in [-0.15, -0.1) is 0 Å². The molecule has 6 nitrogen and oxygen atoms in total. The molecule has 4 saturated carbocycles. The van der Waals surface area contributed by atoms with Crippen molar-refractivity contribution in [3.63, 3.8) is 0 Å². The van der Waals surface area contributed by atoms with Crippen LogP contribution < -0.4 is 14.8 Å². The molecule has 0 saturated heterocycles. The SMILES string of the molecule is C[C@H](NC(=O)COC(=O)C1C2CC3CC(C2)CC1C3)c1ccc2c(c1)OCO2. The van der Waals surface area contributed by atoms with Crippen LogP contribution in [0.15, 0.2) is 18.2 Å². The summed E-state index contributed by atoms with van der Waals surface area (Å²) < 4.78 is 16.1. The van der Waals surface area contributed by atoms with E-state index in [0.717, 1.165) is 17.4 Å². The zero-order valence-electron chi connectivity index (χ0n) is 16.2. The number of hydrogen-bond donors (Lipinski definition) is 1. The summed E-state index contributed by atoms with van der Waals surface area (Å²) in [6, 6.07) is 5.40. The van der Waals surface area contributed by atoms with Gasteiger partial charge < -0.3 is 19.5 Å². The fourth-order valence-corrected chi connectivity index (χ4v) is 6.09. The quantitative estimate of drug-likeness (QED) is 0.788. The molecule has 6 rings (SSSR count). The molecule has 0 radical (unpaired) electrons. The predicted molar refractivity (Wildman–Crippen MR) is 101 cm³/mol. The number of hydrogen-bond acceptors (Lipinski definition) is 5. The Hall–Kier alpha value is -2.24. The Morgan fingerprint density at radius 3 is 2.46 bits per heavy atom. The summed E-state index contributed by atoms with van der Waals surface area (Å²) >= 11 is 0. The molecule has 1 atom stereocenters. The Bertz CT molecular complexity index is 763. The molecule has 1 aliphatic heterocycles. The number of rotatable bonds is 5. The molecule has 1 aromatic carbocycles. The Labute approximate surface area is 164 Å². The highest BCUT2D eigenvalue weighted by atomic mass is 16.7. The lowest BCUT2D eigenvalue weighted by Gasteiger charge is -2.53. The maximum Gasteiger partial charge on any atom is 0.310 e. The Morgan fingerprint density at radius 2 is 1.75 bits per heavy atom.